The Hall–Kier alpha value is -2.58. The van der Waals surface area contributed by atoms with Crippen LogP contribution in [-0.4, -0.2) is 52.1 Å². The van der Waals surface area contributed by atoms with Crippen molar-refractivity contribution in [3.63, 3.8) is 0 Å². The van der Waals surface area contributed by atoms with Gasteiger partial charge in [-0.25, -0.2) is 4.98 Å². The maximum Gasteiger partial charge on any atom is 0.209 e. The highest BCUT2D eigenvalue weighted by Gasteiger charge is 2.19. The molecule has 1 unspecified atom stereocenters. The summed E-state index contributed by atoms with van der Waals surface area (Å²) in [4.78, 5) is 17.3. The number of Topliss-reactive ketones (excluding diaryl/α,β-unsaturated/α-hetero) is 1. The van der Waals surface area contributed by atoms with Crippen LogP contribution in [0.1, 0.15) is 34.7 Å². The normalized spacial score (nSPS) is 12.2. The van der Waals surface area contributed by atoms with Crippen LogP contribution in [-0.2, 0) is 4.74 Å². The topological polar surface area (TPSA) is 82.0 Å². The van der Waals surface area contributed by atoms with Crippen molar-refractivity contribution in [3.05, 3.63) is 47.3 Å². The number of carbonyl (C=O) groups is 1. The standard InChI is InChI=1S/C21H26N4O3S/c1-13-10-18(15(3)25(13)14(2)11-27-4)19(26)12-29-21-22-20(23-24-21)16-6-8-17(28-5)9-7-16/h6-10,14H,11-12H2,1-5H3,(H,22,23,24). The maximum atomic E-state index is 12.8. The number of ether oxygens (including phenoxy) is 2. The van der Waals surface area contributed by atoms with E-state index in [1.54, 1.807) is 14.2 Å². The van der Waals surface area contributed by atoms with Gasteiger partial charge in [0.25, 0.3) is 0 Å². The zero-order valence-corrected chi connectivity index (χ0v) is 18.2. The summed E-state index contributed by atoms with van der Waals surface area (Å²) in [6, 6.07) is 9.69. The van der Waals surface area contributed by atoms with E-state index >= 15 is 0 Å². The van der Waals surface area contributed by atoms with E-state index in [4.69, 9.17) is 9.47 Å². The molecule has 0 amide bonds. The molecule has 2 heterocycles. The maximum absolute atomic E-state index is 12.8. The van der Waals surface area contributed by atoms with Crippen LogP contribution in [0.4, 0.5) is 0 Å². The van der Waals surface area contributed by atoms with Crippen LogP contribution in [0, 0.1) is 13.8 Å². The number of methoxy groups -OCH3 is 2. The molecular weight excluding hydrogens is 388 g/mol. The minimum absolute atomic E-state index is 0.0646. The smallest absolute Gasteiger partial charge is 0.209 e. The van der Waals surface area contributed by atoms with Crippen molar-refractivity contribution in [2.45, 2.75) is 32.0 Å². The molecule has 1 atom stereocenters. The minimum Gasteiger partial charge on any atom is -0.497 e. The van der Waals surface area contributed by atoms with E-state index in [2.05, 4.69) is 26.7 Å². The van der Waals surface area contributed by atoms with Gasteiger partial charge in [0, 0.05) is 29.6 Å². The van der Waals surface area contributed by atoms with Gasteiger partial charge < -0.3 is 14.0 Å². The molecule has 2 aromatic heterocycles. The molecule has 154 valence electrons. The van der Waals surface area contributed by atoms with Crippen molar-refractivity contribution in [1.29, 1.82) is 0 Å². The highest BCUT2D eigenvalue weighted by molar-refractivity contribution is 7.99. The van der Waals surface area contributed by atoms with E-state index in [0.717, 1.165) is 28.3 Å². The van der Waals surface area contributed by atoms with Crippen LogP contribution in [0.2, 0.25) is 0 Å². The monoisotopic (exact) mass is 414 g/mol. The van der Waals surface area contributed by atoms with Gasteiger partial charge in [0.05, 0.1) is 25.5 Å². The summed E-state index contributed by atoms with van der Waals surface area (Å²) >= 11 is 1.33. The second kappa shape index (κ2) is 9.28. The molecule has 3 rings (SSSR count). The summed E-state index contributed by atoms with van der Waals surface area (Å²) in [7, 11) is 3.31. The molecule has 7 nitrogen and oxygen atoms in total. The molecule has 0 bridgehead atoms. The minimum atomic E-state index is 0.0646. The van der Waals surface area contributed by atoms with Gasteiger partial charge in [-0.15, -0.1) is 5.10 Å². The zero-order chi connectivity index (χ0) is 21.0. The van der Waals surface area contributed by atoms with E-state index in [1.807, 2.05) is 44.2 Å². The first-order chi connectivity index (χ1) is 13.9. The third-order valence-corrected chi connectivity index (χ3v) is 5.64. The number of rotatable bonds is 9. The summed E-state index contributed by atoms with van der Waals surface area (Å²) in [6.07, 6.45) is 0. The molecule has 0 aliphatic heterocycles. The van der Waals surface area contributed by atoms with Crippen LogP contribution in [0.15, 0.2) is 35.5 Å². The number of nitrogens with zero attached hydrogens (tertiary/aromatic N) is 3. The van der Waals surface area contributed by atoms with Gasteiger partial charge in [-0.05, 0) is 51.1 Å². The molecule has 0 fully saturated rings. The third kappa shape index (κ3) is 4.71. The van der Waals surface area contributed by atoms with Gasteiger partial charge in [0.15, 0.2) is 11.6 Å². The Morgan fingerprint density at radius 2 is 1.97 bits per heavy atom. The molecule has 1 aromatic carbocycles. The van der Waals surface area contributed by atoms with Crippen molar-refractivity contribution in [1.82, 2.24) is 19.7 Å². The average molecular weight is 415 g/mol. The Labute approximate surface area is 174 Å². The van der Waals surface area contributed by atoms with Gasteiger partial charge in [-0.3, -0.25) is 9.89 Å². The summed E-state index contributed by atoms with van der Waals surface area (Å²) in [6.45, 7) is 6.68. The lowest BCUT2D eigenvalue weighted by Crippen LogP contribution is -2.14. The van der Waals surface area contributed by atoms with E-state index in [-0.39, 0.29) is 17.6 Å². The Kier molecular flexibility index (Phi) is 6.76. The molecule has 8 heteroatoms. The SMILES string of the molecule is COCC(C)n1c(C)cc(C(=O)CSc2n[nH]c(-c3ccc(OC)cc3)n2)c1C. The Morgan fingerprint density at radius 3 is 2.62 bits per heavy atom. The lowest BCUT2D eigenvalue weighted by molar-refractivity contribution is 0.102. The predicted molar refractivity (Wildman–Crippen MR) is 114 cm³/mol. The summed E-state index contributed by atoms with van der Waals surface area (Å²) in [5.74, 6) is 1.79. The number of carbonyl (C=O) groups excluding carboxylic acids is 1. The van der Waals surface area contributed by atoms with Crippen LogP contribution in [0.3, 0.4) is 0 Å². The number of aromatic nitrogens is 4. The fourth-order valence-corrected chi connectivity index (χ4v) is 4.13. The molecule has 0 aliphatic rings. The molecule has 0 spiro atoms. The van der Waals surface area contributed by atoms with Gasteiger partial charge in [0.1, 0.15) is 5.75 Å². The summed E-state index contributed by atoms with van der Waals surface area (Å²) < 4.78 is 12.6. The Bertz CT molecular complexity index is 978. The van der Waals surface area contributed by atoms with Crippen LogP contribution < -0.4 is 4.74 Å². The Balaban J connectivity index is 1.67. The number of ketones is 1. The van der Waals surface area contributed by atoms with Gasteiger partial charge in [-0.1, -0.05) is 11.8 Å². The second-order valence-corrected chi connectivity index (χ2v) is 7.81. The first kappa shape index (κ1) is 21.1. The molecule has 29 heavy (non-hydrogen) atoms. The summed E-state index contributed by atoms with van der Waals surface area (Å²) in [5, 5.41) is 7.69. The van der Waals surface area contributed by atoms with Crippen LogP contribution >= 0.6 is 11.8 Å². The number of thioether (sulfide) groups is 1. The largest absolute Gasteiger partial charge is 0.497 e. The zero-order valence-electron chi connectivity index (χ0n) is 17.4. The van der Waals surface area contributed by atoms with Crippen molar-refractivity contribution in [2.75, 3.05) is 26.6 Å². The number of nitrogens with one attached hydrogen (secondary N) is 1. The quantitative estimate of drug-likeness (QED) is 0.420. The fraction of sp³-hybridized carbons (Fsp3) is 0.381. The molecule has 3 aromatic rings. The molecule has 0 saturated heterocycles. The summed E-state index contributed by atoms with van der Waals surface area (Å²) in [5.41, 5.74) is 3.67. The number of hydrogen-bond acceptors (Lipinski definition) is 6. The number of aryl methyl sites for hydroxylation is 1. The lowest BCUT2D eigenvalue weighted by Gasteiger charge is -2.17. The van der Waals surface area contributed by atoms with E-state index in [0.29, 0.717) is 17.6 Å². The number of H-pyrrole nitrogens is 1. The fourth-order valence-electron chi connectivity index (χ4n) is 3.45. The van der Waals surface area contributed by atoms with E-state index in [9.17, 15) is 4.79 Å². The Morgan fingerprint density at radius 1 is 1.24 bits per heavy atom. The number of benzene rings is 1. The molecule has 1 N–H and O–H groups in total. The molecule has 0 aliphatic carbocycles. The first-order valence-electron chi connectivity index (χ1n) is 9.34. The average Bonchev–Trinajstić information content (AvgIpc) is 3.30. The van der Waals surface area contributed by atoms with Crippen LogP contribution in [0.5, 0.6) is 5.75 Å². The van der Waals surface area contributed by atoms with Crippen molar-refractivity contribution >= 4 is 17.5 Å². The lowest BCUT2D eigenvalue weighted by atomic mass is 10.2. The highest BCUT2D eigenvalue weighted by Crippen LogP contribution is 2.25. The van der Waals surface area contributed by atoms with Gasteiger partial charge in [-0.2, -0.15) is 0 Å². The number of aromatic amines is 1. The predicted octanol–water partition coefficient (Wildman–Crippen LogP) is 4.08. The molecule has 0 saturated carbocycles. The number of hydrogen-bond donors (Lipinski definition) is 1. The first-order valence-corrected chi connectivity index (χ1v) is 10.3. The third-order valence-electron chi connectivity index (χ3n) is 4.79. The molecule has 0 radical (unpaired) electrons. The highest BCUT2D eigenvalue weighted by atomic mass is 32.2. The molecular formula is C21H26N4O3S. The van der Waals surface area contributed by atoms with Crippen molar-refractivity contribution in [3.8, 4) is 17.1 Å². The van der Waals surface area contributed by atoms with Gasteiger partial charge >= 0.3 is 0 Å². The van der Waals surface area contributed by atoms with Crippen molar-refractivity contribution in [2.24, 2.45) is 0 Å². The van der Waals surface area contributed by atoms with E-state index in [1.165, 1.54) is 11.8 Å². The van der Waals surface area contributed by atoms with Crippen molar-refractivity contribution < 1.29 is 14.3 Å². The second-order valence-electron chi connectivity index (χ2n) is 6.87. The van der Waals surface area contributed by atoms with E-state index < -0.39 is 0 Å². The van der Waals surface area contributed by atoms with Gasteiger partial charge in [0.2, 0.25) is 5.16 Å². The van der Waals surface area contributed by atoms with Crippen LogP contribution in [0.25, 0.3) is 11.4 Å².